The van der Waals surface area contributed by atoms with Gasteiger partial charge in [0.1, 0.15) is 36.5 Å². The molecule has 2 aliphatic carbocycles. The van der Waals surface area contributed by atoms with E-state index in [0.29, 0.717) is 37.3 Å². The van der Waals surface area contributed by atoms with Crippen LogP contribution in [0.2, 0.25) is 0 Å². The molecule has 7 rings (SSSR count). The van der Waals surface area contributed by atoms with Crippen molar-refractivity contribution < 1.29 is 38.8 Å². The van der Waals surface area contributed by atoms with E-state index in [9.17, 15) is 15.0 Å². The molecule has 1 amide bonds. The molecule has 4 aromatic carbocycles. The fourth-order valence-electron chi connectivity index (χ4n) is 9.80. The highest BCUT2D eigenvalue weighted by atomic mass is 16.7. The Morgan fingerprint density at radius 2 is 1.56 bits per heavy atom. The number of aliphatic hydroxyl groups is 2. The summed E-state index contributed by atoms with van der Waals surface area (Å²) >= 11 is 0. The van der Waals surface area contributed by atoms with Crippen LogP contribution in [0.15, 0.2) is 127 Å². The zero-order chi connectivity index (χ0) is 44.2. The number of hydrogen-bond acceptors (Lipinski definition) is 9. The second-order valence-corrected chi connectivity index (χ2v) is 17.1. The predicted molar refractivity (Wildman–Crippen MR) is 246 cm³/mol. The monoisotopic (exact) mass is 856 g/mol. The number of oxime groups is 1. The van der Waals surface area contributed by atoms with Gasteiger partial charge in [0.05, 0.1) is 18.2 Å². The molecule has 1 heterocycles. The maximum Gasteiger partial charge on any atom is 0.410 e. The summed E-state index contributed by atoms with van der Waals surface area (Å²) in [6.07, 6.45) is 9.26. The minimum Gasteiger partial charge on any atom is -0.459 e. The summed E-state index contributed by atoms with van der Waals surface area (Å²) in [6, 6.07) is 31.1. The molecular weight excluding hydrogens is 793 g/mol. The number of aliphatic hydroxyl groups excluding tert-OH is 2. The van der Waals surface area contributed by atoms with Crippen molar-refractivity contribution in [3.8, 4) is 17.2 Å². The molecule has 0 bridgehead atoms. The molecule has 334 valence electrons. The molecule has 1 aliphatic heterocycles. The third kappa shape index (κ3) is 10.5. The van der Waals surface area contributed by atoms with Crippen LogP contribution in [-0.2, 0) is 27.5 Å². The van der Waals surface area contributed by atoms with Gasteiger partial charge in [-0.1, -0.05) is 104 Å². The van der Waals surface area contributed by atoms with Crippen LogP contribution in [0.1, 0.15) is 92.0 Å². The highest BCUT2D eigenvalue weighted by molar-refractivity contribution is 6.03. The number of allylic oxidation sites excluding steroid dienone is 1. The number of benzene rings is 4. The van der Waals surface area contributed by atoms with Crippen LogP contribution < -0.4 is 9.47 Å². The highest BCUT2D eigenvalue weighted by Gasteiger charge is 2.65. The van der Waals surface area contributed by atoms with Gasteiger partial charge in [-0.2, -0.15) is 0 Å². The summed E-state index contributed by atoms with van der Waals surface area (Å²) in [5, 5.41) is 24.9. The van der Waals surface area contributed by atoms with Gasteiger partial charge in [0, 0.05) is 37.7 Å². The van der Waals surface area contributed by atoms with E-state index in [1.807, 2.05) is 85.8 Å². The first-order valence-corrected chi connectivity index (χ1v) is 22.8. The van der Waals surface area contributed by atoms with Crippen molar-refractivity contribution in [2.24, 2.45) is 22.9 Å². The standard InChI is InChI=1S/C53H64N2O8/c1-5-27-55(52(58)59-35-39-17-9-7-10-18-39)49-34-47(54-61-36-40-19-11-8-12-20-40)45-32-41(21-13-15-28-56)44(22-14-16-29-57)50-46-33-43(62-42-24-23-37(3)38(4)31-42)25-26-48(46)63-53(49,51(45)50)60-30-6-2/h6-12,17-20,23-26,31-33,41,44,49-51,56-57H,2,5,13-16,21-22,27-30,34-36H2,1,3-4H3. The number of carbonyl (C=O) groups excluding carboxylic acids is 1. The number of aryl methyl sites for hydroxylation is 2. The molecule has 0 spiro atoms. The van der Waals surface area contributed by atoms with Gasteiger partial charge < -0.3 is 34.0 Å². The van der Waals surface area contributed by atoms with E-state index in [1.165, 1.54) is 5.56 Å². The van der Waals surface area contributed by atoms with Crippen molar-refractivity contribution in [1.29, 1.82) is 0 Å². The molecule has 0 saturated heterocycles. The second-order valence-electron chi connectivity index (χ2n) is 17.1. The summed E-state index contributed by atoms with van der Waals surface area (Å²) in [4.78, 5) is 22.6. The van der Waals surface area contributed by atoms with E-state index in [4.69, 9.17) is 28.9 Å². The molecule has 0 aromatic heterocycles. The lowest BCUT2D eigenvalue weighted by Crippen LogP contribution is -2.70. The first kappa shape index (κ1) is 45.6. The lowest BCUT2D eigenvalue weighted by atomic mass is 9.55. The largest absolute Gasteiger partial charge is 0.459 e. The molecule has 6 unspecified atom stereocenters. The Kier molecular flexibility index (Phi) is 15.8. The van der Waals surface area contributed by atoms with E-state index < -0.39 is 23.8 Å². The van der Waals surface area contributed by atoms with Gasteiger partial charge in [-0.25, -0.2) is 4.79 Å². The number of nitrogens with zero attached hydrogens (tertiary/aromatic N) is 2. The zero-order valence-corrected chi connectivity index (χ0v) is 37.1. The van der Waals surface area contributed by atoms with Gasteiger partial charge in [-0.3, -0.25) is 4.90 Å². The number of carbonyl (C=O) groups is 1. The molecule has 1 fully saturated rings. The van der Waals surface area contributed by atoms with Crippen molar-refractivity contribution >= 4 is 11.8 Å². The molecule has 6 atom stereocenters. The number of unbranched alkanes of at least 4 members (excludes halogenated alkanes) is 2. The van der Waals surface area contributed by atoms with Crippen LogP contribution in [0, 0.1) is 31.6 Å². The van der Waals surface area contributed by atoms with Crippen LogP contribution in [0.25, 0.3) is 0 Å². The van der Waals surface area contributed by atoms with Crippen LogP contribution in [0.3, 0.4) is 0 Å². The number of amides is 1. The molecular formula is C53H64N2O8. The highest BCUT2D eigenvalue weighted by Crippen LogP contribution is 2.62. The van der Waals surface area contributed by atoms with Gasteiger partial charge in [0.2, 0.25) is 5.79 Å². The maximum atomic E-state index is 14.6. The van der Waals surface area contributed by atoms with Gasteiger partial charge in [-0.15, -0.1) is 6.58 Å². The first-order chi connectivity index (χ1) is 30.8. The van der Waals surface area contributed by atoms with E-state index in [0.717, 1.165) is 65.0 Å². The molecule has 0 radical (unpaired) electrons. The Balaban J connectivity index is 1.41. The van der Waals surface area contributed by atoms with Gasteiger partial charge in [-0.05, 0) is 116 Å². The Morgan fingerprint density at radius 1 is 0.873 bits per heavy atom. The molecule has 3 aliphatic rings. The predicted octanol–water partition coefficient (Wildman–Crippen LogP) is 11.0. The maximum absolute atomic E-state index is 14.6. The van der Waals surface area contributed by atoms with Crippen LogP contribution >= 0.6 is 0 Å². The third-order valence-electron chi connectivity index (χ3n) is 12.9. The summed E-state index contributed by atoms with van der Waals surface area (Å²) in [6.45, 7) is 11.4. The van der Waals surface area contributed by atoms with Crippen molar-refractivity contribution in [3.63, 3.8) is 0 Å². The lowest BCUT2D eigenvalue weighted by Gasteiger charge is -2.59. The van der Waals surface area contributed by atoms with Crippen LogP contribution in [-0.4, -0.2) is 65.1 Å². The number of rotatable bonds is 21. The fourth-order valence-corrected chi connectivity index (χ4v) is 9.80. The summed E-state index contributed by atoms with van der Waals surface area (Å²) in [7, 11) is 0. The smallest absolute Gasteiger partial charge is 0.410 e. The fraction of sp³-hybridized carbons (Fsp3) is 0.434. The summed E-state index contributed by atoms with van der Waals surface area (Å²) in [5.41, 5.74) is 6.90. The molecule has 10 nitrogen and oxygen atoms in total. The summed E-state index contributed by atoms with van der Waals surface area (Å²) < 4.78 is 27.2. The Hall–Kier alpha value is -5.42. The minimum atomic E-state index is -1.39. The minimum absolute atomic E-state index is 0.0742. The van der Waals surface area contributed by atoms with Crippen LogP contribution in [0.4, 0.5) is 4.79 Å². The number of hydrogen-bond donors (Lipinski definition) is 2. The first-order valence-electron chi connectivity index (χ1n) is 22.8. The summed E-state index contributed by atoms with van der Waals surface area (Å²) in [5.74, 6) is 0.235. The Bertz CT molecular complexity index is 2190. The van der Waals surface area contributed by atoms with Crippen LogP contribution in [0.5, 0.6) is 17.2 Å². The SMILES string of the molecule is C=CCOC12Oc3ccc(Oc4ccc(C)c(C)c4)cc3C3C(CCCCO)C(CCCCO)C=C(C(=NOCc4ccccc4)CC1N(CCC)C(=O)OCc1ccccc1)C32. The Morgan fingerprint density at radius 3 is 2.24 bits per heavy atom. The topological polar surface area (TPSA) is 119 Å². The van der Waals surface area contributed by atoms with Gasteiger partial charge in [0.15, 0.2) is 0 Å². The van der Waals surface area contributed by atoms with Crippen molar-refractivity contribution in [2.45, 2.75) is 103 Å². The number of ether oxygens (including phenoxy) is 4. The molecule has 10 heteroatoms. The van der Waals surface area contributed by atoms with Gasteiger partial charge in [0.25, 0.3) is 0 Å². The zero-order valence-electron chi connectivity index (χ0n) is 37.1. The third-order valence-corrected chi connectivity index (χ3v) is 12.9. The van der Waals surface area contributed by atoms with Crippen molar-refractivity contribution in [2.75, 3.05) is 26.4 Å². The van der Waals surface area contributed by atoms with Crippen molar-refractivity contribution in [3.05, 3.63) is 149 Å². The quantitative estimate of drug-likeness (QED) is 0.0483. The molecule has 2 N–H and O–H groups in total. The lowest BCUT2D eigenvalue weighted by molar-refractivity contribution is -0.255. The van der Waals surface area contributed by atoms with E-state index in [1.54, 1.807) is 11.0 Å². The van der Waals surface area contributed by atoms with E-state index in [2.05, 4.69) is 44.7 Å². The van der Waals surface area contributed by atoms with E-state index in [-0.39, 0.29) is 57.2 Å². The molecule has 63 heavy (non-hydrogen) atoms. The Labute approximate surface area is 373 Å². The molecule has 4 aromatic rings. The second kappa shape index (κ2) is 21.8. The average Bonchev–Trinajstić information content (AvgIpc) is 3.30. The number of fused-ring (bicyclic) bond motifs is 2. The average molecular weight is 857 g/mol. The van der Waals surface area contributed by atoms with E-state index >= 15 is 0 Å². The molecule has 1 saturated carbocycles. The van der Waals surface area contributed by atoms with Crippen molar-refractivity contribution in [1.82, 2.24) is 4.90 Å². The normalized spacial score (nSPS) is 22.8. The van der Waals surface area contributed by atoms with Gasteiger partial charge >= 0.3 is 6.09 Å².